The number of esters is 1. The molecule has 1 amide bonds. The molecule has 0 bridgehead atoms. The van der Waals surface area contributed by atoms with Gasteiger partial charge in [-0.3, -0.25) is 4.79 Å². The Morgan fingerprint density at radius 3 is 2.82 bits per heavy atom. The van der Waals surface area contributed by atoms with Crippen LogP contribution in [0.5, 0.6) is 5.75 Å². The number of amides is 1. The average Bonchev–Trinajstić information content (AvgIpc) is 3.26. The van der Waals surface area contributed by atoms with Gasteiger partial charge in [0.05, 0.1) is 7.11 Å². The Hall–Kier alpha value is -2.18. The zero-order valence-corrected chi connectivity index (χ0v) is 17.0. The number of fused-ring (bicyclic) bond motifs is 1. The number of methoxy groups -OCH3 is 1. The average molecular weight is 418 g/mol. The fraction of sp³-hybridized carbons (Fsp3) is 0.333. The van der Waals surface area contributed by atoms with E-state index in [1.165, 1.54) is 0 Å². The van der Waals surface area contributed by atoms with Gasteiger partial charge in [-0.15, -0.1) is 11.8 Å². The summed E-state index contributed by atoms with van der Waals surface area (Å²) in [5.41, 5.74) is 1.74. The van der Waals surface area contributed by atoms with Crippen molar-refractivity contribution in [1.29, 1.82) is 0 Å². The molecule has 5 nitrogen and oxygen atoms in total. The highest BCUT2D eigenvalue weighted by molar-refractivity contribution is 8.00. The van der Waals surface area contributed by atoms with Crippen LogP contribution in [0.15, 0.2) is 48.5 Å². The van der Waals surface area contributed by atoms with Crippen molar-refractivity contribution in [3.63, 3.8) is 0 Å². The van der Waals surface area contributed by atoms with Crippen LogP contribution in [0.4, 0.5) is 0 Å². The Kier molecular flexibility index (Phi) is 5.25. The van der Waals surface area contributed by atoms with E-state index in [1.54, 1.807) is 42.0 Å². The molecular formula is C21H20ClNO4S. The molecular weight excluding hydrogens is 398 g/mol. The van der Waals surface area contributed by atoms with Crippen LogP contribution in [0.1, 0.15) is 24.0 Å². The van der Waals surface area contributed by atoms with Gasteiger partial charge in [-0.25, -0.2) is 4.79 Å². The summed E-state index contributed by atoms with van der Waals surface area (Å²) in [5.74, 6) is 0.721. The quantitative estimate of drug-likeness (QED) is 0.688. The fourth-order valence-electron chi connectivity index (χ4n) is 3.92. The maximum atomic E-state index is 12.9. The third-order valence-electron chi connectivity index (χ3n) is 5.24. The molecule has 2 atom stereocenters. The summed E-state index contributed by atoms with van der Waals surface area (Å²) in [6.45, 7) is 0.0457. The normalized spacial score (nSPS) is 23.6. The van der Waals surface area contributed by atoms with Gasteiger partial charge in [0, 0.05) is 22.8 Å². The number of benzene rings is 2. The van der Waals surface area contributed by atoms with E-state index < -0.39 is 16.9 Å². The van der Waals surface area contributed by atoms with Crippen molar-refractivity contribution in [2.45, 2.75) is 30.4 Å². The van der Waals surface area contributed by atoms with Crippen molar-refractivity contribution >= 4 is 35.2 Å². The zero-order chi connectivity index (χ0) is 19.7. The lowest BCUT2D eigenvalue weighted by Crippen LogP contribution is -2.46. The highest BCUT2D eigenvalue weighted by atomic mass is 35.5. The lowest BCUT2D eigenvalue weighted by Gasteiger charge is -2.33. The minimum atomic E-state index is -0.592. The first-order valence-electron chi connectivity index (χ1n) is 9.06. The summed E-state index contributed by atoms with van der Waals surface area (Å²) in [6.07, 6.45) is 1.14. The molecule has 7 heteroatoms. The van der Waals surface area contributed by atoms with Gasteiger partial charge in [0.25, 0.3) is 0 Å². The van der Waals surface area contributed by atoms with E-state index in [0.29, 0.717) is 34.9 Å². The van der Waals surface area contributed by atoms with E-state index in [9.17, 15) is 9.59 Å². The minimum Gasteiger partial charge on any atom is -0.496 e. The lowest BCUT2D eigenvalue weighted by atomic mass is 10.0. The Morgan fingerprint density at radius 1 is 1.29 bits per heavy atom. The van der Waals surface area contributed by atoms with Gasteiger partial charge in [-0.1, -0.05) is 41.9 Å². The first-order valence-corrected chi connectivity index (χ1v) is 10.4. The highest BCUT2D eigenvalue weighted by Crippen LogP contribution is 2.54. The van der Waals surface area contributed by atoms with Crippen molar-refractivity contribution < 1.29 is 19.1 Å². The van der Waals surface area contributed by atoms with Crippen LogP contribution in [0.2, 0.25) is 5.02 Å². The molecule has 146 valence electrons. The monoisotopic (exact) mass is 417 g/mol. The Morgan fingerprint density at radius 2 is 2.07 bits per heavy atom. The Balaban J connectivity index is 1.53. The number of thioether (sulfide) groups is 1. The van der Waals surface area contributed by atoms with E-state index in [1.807, 2.05) is 30.3 Å². The molecule has 4 rings (SSSR count). The lowest BCUT2D eigenvalue weighted by molar-refractivity contribution is -0.155. The number of nitrogens with zero attached hydrogens (tertiary/aromatic N) is 1. The molecule has 2 aliphatic heterocycles. The molecule has 0 aliphatic carbocycles. The van der Waals surface area contributed by atoms with Gasteiger partial charge in [-0.2, -0.15) is 0 Å². The molecule has 28 heavy (non-hydrogen) atoms. The van der Waals surface area contributed by atoms with Crippen molar-refractivity contribution in [1.82, 2.24) is 4.90 Å². The molecule has 2 saturated heterocycles. The molecule has 0 spiro atoms. The molecule has 0 unspecified atom stereocenters. The molecule has 0 N–H and O–H groups in total. The third kappa shape index (κ3) is 3.25. The van der Waals surface area contributed by atoms with Crippen molar-refractivity contribution in [3.05, 3.63) is 64.7 Å². The number of carbonyl (C=O) groups excluding carboxylic acids is 2. The van der Waals surface area contributed by atoms with Gasteiger partial charge in [0.2, 0.25) is 5.91 Å². The maximum absolute atomic E-state index is 12.9. The van der Waals surface area contributed by atoms with Crippen molar-refractivity contribution in [2.24, 2.45) is 0 Å². The molecule has 2 aromatic carbocycles. The molecule has 0 saturated carbocycles. The molecule has 2 heterocycles. The topological polar surface area (TPSA) is 55.8 Å². The Labute approximate surface area is 172 Å². The van der Waals surface area contributed by atoms with E-state index >= 15 is 0 Å². The van der Waals surface area contributed by atoms with Crippen LogP contribution in [0, 0.1) is 0 Å². The van der Waals surface area contributed by atoms with Gasteiger partial charge < -0.3 is 14.4 Å². The Bertz CT molecular complexity index is 907. The molecule has 2 aliphatic rings. The fourth-order valence-corrected chi connectivity index (χ4v) is 5.75. The number of carbonyl (C=O) groups is 2. The first kappa shape index (κ1) is 19.2. The summed E-state index contributed by atoms with van der Waals surface area (Å²) in [4.78, 5) is 26.7. The molecule has 2 aromatic rings. The van der Waals surface area contributed by atoms with Crippen LogP contribution in [-0.2, 0) is 25.8 Å². The van der Waals surface area contributed by atoms with Crippen molar-refractivity contribution in [2.75, 3.05) is 12.9 Å². The summed E-state index contributed by atoms with van der Waals surface area (Å²) >= 11 is 7.69. The SMILES string of the molecule is COc1ccc(Cl)cc1COC(=O)[C@@H]1CS[C@@]2(c3ccccc3)CCC(=O)N12. The number of ether oxygens (including phenoxy) is 2. The minimum absolute atomic E-state index is 0.00357. The predicted molar refractivity (Wildman–Crippen MR) is 108 cm³/mol. The molecule has 0 radical (unpaired) electrons. The number of rotatable bonds is 5. The standard InChI is InChI=1S/C21H20ClNO4S/c1-26-18-8-7-16(22)11-14(18)12-27-20(25)17-13-28-21(10-9-19(24)23(17)21)15-5-3-2-4-6-15/h2-8,11,17H,9-10,12-13H2,1H3/t17-,21+/m0/s1. The highest BCUT2D eigenvalue weighted by Gasteiger charge is 2.57. The van der Waals surface area contributed by atoms with Gasteiger partial charge in [-0.05, 0) is 30.2 Å². The van der Waals surface area contributed by atoms with Crippen molar-refractivity contribution in [3.8, 4) is 5.75 Å². The van der Waals surface area contributed by atoms with Crippen LogP contribution in [0.25, 0.3) is 0 Å². The third-order valence-corrected chi connectivity index (χ3v) is 7.07. The summed E-state index contributed by atoms with van der Waals surface area (Å²) in [6, 6.07) is 14.5. The maximum Gasteiger partial charge on any atom is 0.330 e. The second-order valence-corrected chi connectivity index (χ2v) is 8.54. The summed E-state index contributed by atoms with van der Waals surface area (Å²) < 4.78 is 10.9. The first-order chi connectivity index (χ1) is 13.5. The second kappa shape index (κ2) is 7.68. The van der Waals surface area contributed by atoms with E-state index in [2.05, 4.69) is 0 Å². The largest absolute Gasteiger partial charge is 0.496 e. The van der Waals surface area contributed by atoms with E-state index in [4.69, 9.17) is 21.1 Å². The van der Waals surface area contributed by atoms with Crippen LogP contribution < -0.4 is 4.74 Å². The number of hydrogen-bond donors (Lipinski definition) is 0. The smallest absolute Gasteiger partial charge is 0.330 e. The van der Waals surface area contributed by atoms with E-state index in [-0.39, 0.29) is 12.5 Å². The molecule has 2 fully saturated rings. The van der Waals surface area contributed by atoms with Gasteiger partial charge in [0.1, 0.15) is 23.3 Å². The van der Waals surface area contributed by atoms with Gasteiger partial charge >= 0.3 is 5.97 Å². The van der Waals surface area contributed by atoms with Crippen LogP contribution >= 0.6 is 23.4 Å². The summed E-state index contributed by atoms with van der Waals surface area (Å²) in [7, 11) is 1.55. The predicted octanol–water partition coefficient (Wildman–Crippen LogP) is 3.98. The number of hydrogen-bond acceptors (Lipinski definition) is 5. The van der Waals surface area contributed by atoms with Gasteiger partial charge in [0.15, 0.2) is 0 Å². The number of halogens is 1. The van der Waals surface area contributed by atoms with Crippen LogP contribution in [-0.4, -0.2) is 35.7 Å². The second-order valence-electron chi connectivity index (χ2n) is 6.80. The van der Waals surface area contributed by atoms with E-state index in [0.717, 1.165) is 5.56 Å². The van der Waals surface area contributed by atoms with Crippen LogP contribution in [0.3, 0.4) is 0 Å². The zero-order valence-electron chi connectivity index (χ0n) is 15.4. The molecule has 0 aromatic heterocycles. The summed E-state index contributed by atoms with van der Waals surface area (Å²) in [5, 5.41) is 0.543.